The van der Waals surface area contributed by atoms with E-state index in [4.69, 9.17) is 4.74 Å². The third-order valence-electron chi connectivity index (χ3n) is 10.2. The molecule has 0 radical (unpaired) electrons. The summed E-state index contributed by atoms with van der Waals surface area (Å²) in [7, 11) is 0. The molecule has 3 heteroatoms. The van der Waals surface area contributed by atoms with Crippen molar-refractivity contribution >= 4 is 0 Å². The van der Waals surface area contributed by atoms with E-state index in [-0.39, 0.29) is 19.3 Å². The molecule has 182 valence electrons. The van der Waals surface area contributed by atoms with Gasteiger partial charge in [-0.1, -0.05) is 97.8 Å². The first-order chi connectivity index (χ1) is 14.9. The van der Waals surface area contributed by atoms with Gasteiger partial charge < -0.3 is 14.9 Å². The van der Waals surface area contributed by atoms with Crippen LogP contribution in [0.2, 0.25) is 0 Å². The SMILES string of the molecule is CCC(C)(CC)C1CC(C2CCCCC2)C(OC(C)(CO)CO)C(C2CCCCC2)C1. The third kappa shape index (κ3) is 5.87. The van der Waals surface area contributed by atoms with Gasteiger partial charge in [0.05, 0.1) is 19.3 Å². The molecular weight excluding hydrogens is 384 g/mol. The van der Waals surface area contributed by atoms with Crippen LogP contribution in [0.25, 0.3) is 0 Å². The molecule has 0 aromatic rings. The number of ether oxygens (including phenoxy) is 1. The summed E-state index contributed by atoms with van der Waals surface area (Å²) >= 11 is 0. The fourth-order valence-electron chi connectivity index (χ4n) is 7.41. The van der Waals surface area contributed by atoms with E-state index in [0.29, 0.717) is 17.3 Å². The van der Waals surface area contributed by atoms with Crippen LogP contribution in [0.1, 0.15) is 118 Å². The van der Waals surface area contributed by atoms with Crippen molar-refractivity contribution in [2.75, 3.05) is 13.2 Å². The van der Waals surface area contributed by atoms with Crippen LogP contribution in [-0.2, 0) is 4.74 Å². The number of aliphatic hydroxyl groups is 2. The van der Waals surface area contributed by atoms with Gasteiger partial charge in [-0.25, -0.2) is 0 Å². The first kappa shape index (κ1) is 25.5. The molecule has 2 unspecified atom stereocenters. The zero-order chi connectivity index (χ0) is 22.5. The van der Waals surface area contributed by atoms with E-state index in [1.165, 1.54) is 89.9 Å². The van der Waals surface area contributed by atoms with E-state index < -0.39 is 5.60 Å². The maximum atomic E-state index is 10.1. The quantitative estimate of drug-likeness (QED) is 0.420. The van der Waals surface area contributed by atoms with Crippen LogP contribution < -0.4 is 0 Å². The minimum Gasteiger partial charge on any atom is -0.393 e. The minimum absolute atomic E-state index is 0.0974. The predicted molar refractivity (Wildman–Crippen MR) is 129 cm³/mol. The Balaban J connectivity index is 1.95. The lowest BCUT2D eigenvalue weighted by molar-refractivity contribution is -0.200. The molecule has 0 saturated heterocycles. The number of hydrogen-bond acceptors (Lipinski definition) is 3. The standard InChI is InChI=1S/C28H52O3/c1-5-27(3,6-2)23-17-24(21-13-9-7-10-14-21)26(31-28(4,19-29)20-30)25(18-23)22-15-11-8-12-16-22/h21-26,29-30H,5-20H2,1-4H3. The van der Waals surface area contributed by atoms with Crippen molar-refractivity contribution in [2.24, 2.45) is 35.0 Å². The minimum atomic E-state index is -0.823. The second-order valence-corrected chi connectivity index (χ2v) is 12.0. The summed E-state index contributed by atoms with van der Waals surface area (Å²) in [5.74, 6) is 3.46. The van der Waals surface area contributed by atoms with Crippen LogP contribution in [-0.4, -0.2) is 35.1 Å². The number of hydrogen-bond donors (Lipinski definition) is 2. The van der Waals surface area contributed by atoms with Crippen molar-refractivity contribution in [3.8, 4) is 0 Å². The van der Waals surface area contributed by atoms with Gasteiger partial charge in [-0.15, -0.1) is 0 Å². The van der Waals surface area contributed by atoms with E-state index in [1.54, 1.807) is 0 Å². The molecule has 2 N–H and O–H groups in total. The fourth-order valence-corrected chi connectivity index (χ4v) is 7.41. The van der Waals surface area contributed by atoms with Crippen LogP contribution in [0.5, 0.6) is 0 Å². The lowest BCUT2D eigenvalue weighted by Crippen LogP contribution is -2.53. The lowest BCUT2D eigenvalue weighted by Gasteiger charge is -2.54. The predicted octanol–water partition coefficient (Wildman–Crippen LogP) is 6.74. The molecule has 3 nitrogen and oxygen atoms in total. The van der Waals surface area contributed by atoms with E-state index in [2.05, 4.69) is 20.8 Å². The van der Waals surface area contributed by atoms with Gasteiger partial charge in [0.15, 0.2) is 0 Å². The van der Waals surface area contributed by atoms with Crippen molar-refractivity contribution in [1.29, 1.82) is 0 Å². The van der Waals surface area contributed by atoms with Gasteiger partial charge in [-0.2, -0.15) is 0 Å². The largest absolute Gasteiger partial charge is 0.393 e. The van der Waals surface area contributed by atoms with Crippen molar-refractivity contribution in [2.45, 2.75) is 129 Å². The molecule has 0 spiro atoms. The Morgan fingerprint density at radius 2 is 1.13 bits per heavy atom. The Kier molecular flexibility index (Phi) is 9.33. The maximum absolute atomic E-state index is 10.1. The Hall–Kier alpha value is -0.120. The summed E-state index contributed by atoms with van der Waals surface area (Å²) in [6.07, 6.45) is 18.9. The number of rotatable bonds is 9. The summed E-state index contributed by atoms with van der Waals surface area (Å²) in [6, 6.07) is 0. The lowest BCUT2D eigenvalue weighted by atomic mass is 9.55. The topological polar surface area (TPSA) is 49.7 Å². The first-order valence-electron chi connectivity index (χ1n) is 13.8. The molecule has 2 atom stereocenters. The van der Waals surface area contributed by atoms with Gasteiger partial charge in [0.1, 0.15) is 5.60 Å². The Morgan fingerprint density at radius 3 is 1.48 bits per heavy atom. The van der Waals surface area contributed by atoms with Gasteiger partial charge in [-0.05, 0) is 54.8 Å². The second-order valence-electron chi connectivity index (χ2n) is 12.0. The highest BCUT2D eigenvalue weighted by atomic mass is 16.5. The molecule has 0 heterocycles. The molecule has 0 aromatic carbocycles. The van der Waals surface area contributed by atoms with Gasteiger partial charge in [0.2, 0.25) is 0 Å². The molecule has 0 bridgehead atoms. The van der Waals surface area contributed by atoms with Gasteiger partial charge in [-0.3, -0.25) is 0 Å². The molecule has 3 saturated carbocycles. The highest BCUT2D eigenvalue weighted by Crippen LogP contribution is 2.54. The van der Waals surface area contributed by atoms with Crippen molar-refractivity contribution in [1.82, 2.24) is 0 Å². The summed E-state index contributed by atoms with van der Waals surface area (Å²) in [4.78, 5) is 0. The van der Waals surface area contributed by atoms with Crippen molar-refractivity contribution in [3.05, 3.63) is 0 Å². The average Bonchev–Trinajstić information content (AvgIpc) is 2.84. The Labute approximate surface area is 192 Å². The van der Waals surface area contributed by atoms with Crippen LogP contribution >= 0.6 is 0 Å². The zero-order valence-corrected chi connectivity index (χ0v) is 21.1. The van der Waals surface area contributed by atoms with Crippen LogP contribution in [0.15, 0.2) is 0 Å². The molecule has 3 rings (SSSR count). The average molecular weight is 437 g/mol. The van der Waals surface area contributed by atoms with E-state index in [0.717, 1.165) is 17.8 Å². The smallest absolute Gasteiger partial charge is 0.112 e. The maximum Gasteiger partial charge on any atom is 0.112 e. The van der Waals surface area contributed by atoms with Crippen LogP contribution in [0.3, 0.4) is 0 Å². The molecule has 31 heavy (non-hydrogen) atoms. The van der Waals surface area contributed by atoms with E-state index in [9.17, 15) is 10.2 Å². The van der Waals surface area contributed by atoms with Gasteiger partial charge >= 0.3 is 0 Å². The normalized spacial score (nSPS) is 32.3. The molecule has 0 amide bonds. The molecule has 3 aliphatic carbocycles. The van der Waals surface area contributed by atoms with Gasteiger partial charge in [0.25, 0.3) is 0 Å². The van der Waals surface area contributed by atoms with E-state index >= 15 is 0 Å². The Morgan fingerprint density at radius 1 is 0.710 bits per heavy atom. The van der Waals surface area contributed by atoms with Crippen molar-refractivity contribution < 1.29 is 14.9 Å². The summed E-state index contributed by atoms with van der Waals surface area (Å²) < 4.78 is 6.84. The van der Waals surface area contributed by atoms with Crippen LogP contribution in [0.4, 0.5) is 0 Å². The summed E-state index contributed by atoms with van der Waals surface area (Å²) in [5.41, 5.74) is -0.405. The number of aliphatic hydroxyl groups excluding tert-OH is 2. The monoisotopic (exact) mass is 436 g/mol. The highest BCUT2D eigenvalue weighted by molar-refractivity contribution is 4.99. The van der Waals surface area contributed by atoms with E-state index in [1.807, 2.05) is 6.92 Å². The van der Waals surface area contributed by atoms with Gasteiger partial charge in [0, 0.05) is 0 Å². The first-order valence-corrected chi connectivity index (χ1v) is 13.8. The van der Waals surface area contributed by atoms with Crippen LogP contribution in [0, 0.1) is 35.0 Å². The summed E-state index contributed by atoms with van der Waals surface area (Å²) in [6.45, 7) is 9.05. The summed E-state index contributed by atoms with van der Waals surface area (Å²) in [5, 5.41) is 20.2. The molecular formula is C28H52O3. The molecule has 0 aromatic heterocycles. The molecule has 3 fully saturated rings. The Bertz CT molecular complexity index is 484. The fraction of sp³-hybridized carbons (Fsp3) is 1.00. The third-order valence-corrected chi connectivity index (χ3v) is 10.2. The second kappa shape index (κ2) is 11.3. The zero-order valence-electron chi connectivity index (χ0n) is 21.1. The highest BCUT2D eigenvalue weighted by Gasteiger charge is 2.50. The molecule has 0 aliphatic heterocycles. The van der Waals surface area contributed by atoms with Crippen molar-refractivity contribution in [3.63, 3.8) is 0 Å². The molecule has 3 aliphatic rings.